The van der Waals surface area contributed by atoms with Crippen molar-refractivity contribution >= 4 is 37.8 Å². The third-order valence-corrected chi connectivity index (χ3v) is 5.56. The number of hydrogen-bond acceptors (Lipinski definition) is 3. The summed E-state index contributed by atoms with van der Waals surface area (Å²) < 4.78 is 42.4. The number of nitrogens with zero attached hydrogens (tertiary/aromatic N) is 5. The Morgan fingerprint density at radius 3 is 2.50 bits per heavy atom. The van der Waals surface area contributed by atoms with Gasteiger partial charge in [-0.25, -0.2) is 0 Å². The minimum atomic E-state index is -4.54. The number of carbonyl (C=O) groups excluding carboxylic acids is 1. The van der Waals surface area contributed by atoms with E-state index in [4.69, 9.17) is 0 Å². The van der Waals surface area contributed by atoms with Crippen LogP contribution in [0.3, 0.4) is 0 Å². The van der Waals surface area contributed by atoms with Crippen LogP contribution in [0.15, 0.2) is 15.1 Å². The van der Waals surface area contributed by atoms with E-state index in [1.165, 1.54) is 16.5 Å². The molecule has 144 valence electrons. The third-order valence-electron chi connectivity index (χ3n) is 3.95. The first-order chi connectivity index (χ1) is 12.1. The molecule has 2 aromatic heterocycles. The second-order valence-electron chi connectivity index (χ2n) is 5.72. The van der Waals surface area contributed by atoms with E-state index >= 15 is 0 Å². The van der Waals surface area contributed by atoms with E-state index in [9.17, 15) is 18.0 Å². The predicted molar refractivity (Wildman–Crippen MR) is 96.4 cm³/mol. The normalized spacial score (nSPS) is 11.8. The van der Waals surface area contributed by atoms with E-state index in [-0.39, 0.29) is 23.3 Å². The number of rotatable bonds is 6. The van der Waals surface area contributed by atoms with Crippen molar-refractivity contribution in [2.75, 3.05) is 7.05 Å². The lowest BCUT2D eigenvalue weighted by atomic mass is 10.3. The Kier molecular flexibility index (Phi) is 6.54. The largest absolute Gasteiger partial charge is 0.436 e. The molecule has 0 N–H and O–H groups in total. The van der Waals surface area contributed by atoms with Crippen molar-refractivity contribution in [2.24, 2.45) is 0 Å². The smallest absolute Gasteiger partial charge is 0.340 e. The molecule has 0 saturated carbocycles. The topological polar surface area (TPSA) is 56.0 Å². The second kappa shape index (κ2) is 8.12. The van der Waals surface area contributed by atoms with Crippen LogP contribution in [0.4, 0.5) is 13.2 Å². The zero-order valence-electron chi connectivity index (χ0n) is 14.4. The van der Waals surface area contributed by atoms with Gasteiger partial charge in [-0.1, -0.05) is 0 Å². The highest BCUT2D eigenvalue weighted by atomic mass is 79.9. The van der Waals surface area contributed by atoms with E-state index in [2.05, 4.69) is 42.1 Å². The molecule has 0 unspecified atom stereocenters. The maximum Gasteiger partial charge on any atom is 0.436 e. The molecule has 0 aliphatic rings. The van der Waals surface area contributed by atoms with Crippen LogP contribution in [0.5, 0.6) is 0 Å². The minimum absolute atomic E-state index is 0.0423. The van der Waals surface area contributed by atoms with Crippen LogP contribution >= 0.6 is 31.9 Å². The predicted octanol–water partition coefficient (Wildman–Crippen LogP) is 4.00. The number of carbonyl (C=O) groups is 1. The van der Waals surface area contributed by atoms with Crippen LogP contribution in [-0.4, -0.2) is 37.4 Å². The van der Waals surface area contributed by atoms with E-state index in [0.717, 1.165) is 10.2 Å². The van der Waals surface area contributed by atoms with E-state index < -0.39 is 11.9 Å². The number of halogens is 5. The van der Waals surface area contributed by atoms with Crippen molar-refractivity contribution in [1.29, 1.82) is 0 Å². The summed E-state index contributed by atoms with van der Waals surface area (Å²) in [6.07, 6.45) is -2.83. The summed E-state index contributed by atoms with van der Waals surface area (Å²) in [4.78, 5) is 13.9. The van der Waals surface area contributed by atoms with Gasteiger partial charge in [-0.15, -0.1) is 0 Å². The quantitative estimate of drug-likeness (QED) is 0.602. The fourth-order valence-electron chi connectivity index (χ4n) is 2.45. The zero-order chi connectivity index (χ0) is 19.6. The van der Waals surface area contributed by atoms with E-state index in [1.807, 2.05) is 6.92 Å². The first-order valence-electron chi connectivity index (χ1n) is 7.80. The highest BCUT2D eigenvalue weighted by molar-refractivity contribution is 9.10. The Labute approximate surface area is 165 Å². The highest BCUT2D eigenvalue weighted by Gasteiger charge is 2.37. The molecule has 0 fully saturated rings. The Bertz CT molecular complexity index is 800. The maximum atomic E-state index is 12.9. The lowest BCUT2D eigenvalue weighted by Crippen LogP contribution is -2.28. The van der Waals surface area contributed by atoms with E-state index in [0.29, 0.717) is 18.8 Å². The van der Waals surface area contributed by atoms with Gasteiger partial charge in [-0.05, 0) is 45.7 Å². The summed E-state index contributed by atoms with van der Waals surface area (Å²) in [5.41, 5.74) is 0.215. The zero-order valence-corrected chi connectivity index (χ0v) is 17.6. The summed E-state index contributed by atoms with van der Waals surface area (Å²) in [6.45, 7) is 4.56. The van der Waals surface area contributed by atoms with Gasteiger partial charge in [0.15, 0.2) is 5.69 Å². The first-order valence-corrected chi connectivity index (χ1v) is 9.39. The number of amides is 1. The van der Waals surface area contributed by atoms with Crippen LogP contribution in [0.25, 0.3) is 0 Å². The van der Waals surface area contributed by atoms with Gasteiger partial charge < -0.3 is 4.90 Å². The van der Waals surface area contributed by atoms with Gasteiger partial charge in [-0.3, -0.25) is 14.2 Å². The molecular formula is C15H18Br2F3N5O. The molecule has 0 spiro atoms. The number of hydrogen-bond donors (Lipinski definition) is 0. The Hall–Kier alpha value is -1.36. The van der Waals surface area contributed by atoms with Crippen molar-refractivity contribution in [2.45, 2.75) is 46.1 Å². The first kappa shape index (κ1) is 20.9. The van der Waals surface area contributed by atoms with Crippen molar-refractivity contribution in [3.05, 3.63) is 32.2 Å². The molecule has 2 aromatic rings. The summed E-state index contributed by atoms with van der Waals surface area (Å²) in [6, 6.07) is 0. The van der Waals surface area contributed by atoms with Crippen LogP contribution in [-0.2, 0) is 30.6 Å². The summed E-state index contributed by atoms with van der Waals surface area (Å²) in [7, 11) is 1.65. The second-order valence-corrected chi connectivity index (χ2v) is 7.37. The monoisotopic (exact) mass is 499 g/mol. The highest BCUT2D eigenvalue weighted by Crippen LogP contribution is 2.35. The molecule has 0 aliphatic heterocycles. The van der Waals surface area contributed by atoms with Gasteiger partial charge in [0.05, 0.1) is 39.6 Å². The van der Waals surface area contributed by atoms with Gasteiger partial charge in [-0.2, -0.15) is 23.4 Å². The molecule has 2 rings (SSSR count). The molecule has 1 amide bonds. The van der Waals surface area contributed by atoms with E-state index in [1.54, 1.807) is 17.9 Å². The molecule has 26 heavy (non-hydrogen) atoms. The van der Waals surface area contributed by atoms with Gasteiger partial charge in [0.2, 0.25) is 5.91 Å². The summed E-state index contributed by atoms with van der Waals surface area (Å²) >= 11 is 6.33. The standard InChI is InChI=1S/C15H18Br2F3N5O/c1-4-24-11(10(16)7-21-24)8-23(3)12(26)5-6-25-9(2)13(17)14(22-25)15(18,19)20/h7H,4-6,8H2,1-3H3. The third kappa shape index (κ3) is 4.48. The molecule has 0 saturated heterocycles. The van der Waals surface area contributed by atoms with Gasteiger partial charge in [0.25, 0.3) is 0 Å². The molecular weight excluding hydrogens is 483 g/mol. The lowest BCUT2D eigenvalue weighted by molar-refractivity contribution is -0.142. The average molecular weight is 501 g/mol. The lowest BCUT2D eigenvalue weighted by Gasteiger charge is -2.18. The Morgan fingerprint density at radius 1 is 1.31 bits per heavy atom. The average Bonchev–Trinajstić information content (AvgIpc) is 3.06. The number of aryl methyl sites for hydroxylation is 2. The number of aromatic nitrogens is 4. The Morgan fingerprint density at radius 2 is 1.96 bits per heavy atom. The van der Waals surface area contributed by atoms with Gasteiger partial charge >= 0.3 is 6.18 Å². The van der Waals surface area contributed by atoms with Gasteiger partial charge in [0, 0.05) is 20.0 Å². The van der Waals surface area contributed by atoms with Crippen LogP contribution in [0.1, 0.15) is 30.4 Å². The van der Waals surface area contributed by atoms with Crippen molar-refractivity contribution in [1.82, 2.24) is 24.5 Å². The summed E-state index contributed by atoms with van der Waals surface area (Å²) in [5, 5.41) is 7.77. The molecule has 0 bridgehead atoms. The van der Waals surface area contributed by atoms with Crippen LogP contribution < -0.4 is 0 Å². The molecule has 0 atom stereocenters. The molecule has 2 heterocycles. The molecule has 6 nitrogen and oxygen atoms in total. The Balaban J connectivity index is 2.03. The van der Waals surface area contributed by atoms with Crippen molar-refractivity contribution in [3.63, 3.8) is 0 Å². The summed E-state index contributed by atoms with van der Waals surface area (Å²) in [5.74, 6) is -0.194. The van der Waals surface area contributed by atoms with Crippen LogP contribution in [0.2, 0.25) is 0 Å². The fraction of sp³-hybridized carbons (Fsp3) is 0.533. The molecule has 11 heteroatoms. The molecule has 0 radical (unpaired) electrons. The SMILES string of the molecule is CCn1ncc(Br)c1CN(C)C(=O)CCn1nc(C(F)(F)F)c(Br)c1C. The van der Waals surface area contributed by atoms with Crippen molar-refractivity contribution < 1.29 is 18.0 Å². The van der Waals surface area contributed by atoms with Crippen LogP contribution in [0, 0.1) is 6.92 Å². The number of alkyl halides is 3. The molecule has 0 aromatic carbocycles. The maximum absolute atomic E-state index is 12.9. The molecule has 0 aliphatic carbocycles. The minimum Gasteiger partial charge on any atom is -0.340 e. The van der Waals surface area contributed by atoms with Gasteiger partial charge in [0.1, 0.15) is 0 Å². The fourth-order valence-corrected chi connectivity index (χ4v) is 3.38. The van der Waals surface area contributed by atoms with Crippen molar-refractivity contribution in [3.8, 4) is 0 Å².